The highest BCUT2D eigenvalue weighted by Gasteiger charge is 2.14. The molecule has 1 amide bonds. The first-order valence-electron chi connectivity index (χ1n) is 7.18. The fourth-order valence-corrected chi connectivity index (χ4v) is 2.14. The van der Waals surface area contributed by atoms with Gasteiger partial charge in [0.1, 0.15) is 5.75 Å². The number of aryl methyl sites for hydroxylation is 1. The van der Waals surface area contributed by atoms with Crippen molar-refractivity contribution in [2.75, 3.05) is 6.54 Å². The molecule has 1 heterocycles. The minimum atomic E-state index is -0.666. The monoisotopic (exact) mass is 335 g/mol. The number of hydrogen-bond donors (Lipinski definition) is 1. The summed E-state index contributed by atoms with van der Waals surface area (Å²) in [5.74, 6) is 0.262. The van der Waals surface area contributed by atoms with Crippen LogP contribution in [0.3, 0.4) is 0 Å². The molecule has 23 heavy (non-hydrogen) atoms. The van der Waals surface area contributed by atoms with Crippen molar-refractivity contribution in [2.24, 2.45) is 0 Å². The molecule has 0 spiro atoms. The number of ether oxygens (including phenoxy) is 1. The van der Waals surface area contributed by atoms with Gasteiger partial charge in [-0.2, -0.15) is 0 Å². The molecule has 0 aliphatic carbocycles. The lowest BCUT2D eigenvalue weighted by molar-refractivity contribution is -0.127. The van der Waals surface area contributed by atoms with E-state index in [9.17, 15) is 9.59 Å². The Morgan fingerprint density at radius 2 is 2.26 bits per heavy atom. The fraction of sp³-hybridized carbons (Fsp3) is 0.312. The Kier molecular flexibility index (Phi) is 5.76. The number of rotatable bonds is 6. The zero-order valence-electron chi connectivity index (χ0n) is 13.0. The molecule has 0 saturated heterocycles. The summed E-state index contributed by atoms with van der Waals surface area (Å²) in [6.07, 6.45) is 2.30. The van der Waals surface area contributed by atoms with Gasteiger partial charge in [0.25, 0.3) is 11.5 Å². The van der Waals surface area contributed by atoms with Crippen molar-refractivity contribution >= 4 is 17.5 Å². The number of nitrogens with zero attached hydrogens (tertiary/aromatic N) is 2. The Labute approximate surface area is 139 Å². The number of carbonyl (C=O) groups is 1. The van der Waals surface area contributed by atoms with Gasteiger partial charge in [-0.3, -0.25) is 14.2 Å². The summed E-state index contributed by atoms with van der Waals surface area (Å²) in [6, 6.07) is 6.85. The highest BCUT2D eigenvalue weighted by atomic mass is 35.5. The first-order chi connectivity index (χ1) is 11.0. The largest absolute Gasteiger partial charge is 0.481 e. The number of nitrogens with one attached hydrogen (secondary N) is 1. The van der Waals surface area contributed by atoms with E-state index >= 15 is 0 Å². The summed E-state index contributed by atoms with van der Waals surface area (Å²) in [6.45, 7) is 4.01. The molecule has 1 N–H and O–H groups in total. The molecular weight excluding hydrogens is 318 g/mol. The summed E-state index contributed by atoms with van der Waals surface area (Å²) in [7, 11) is 0. The van der Waals surface area contributed by atoms with Crippen LogP contribution in [0.15, 0.2) is 41.6 Å². The normalized spacial score (nSPS) is 11.8. The van der Waals surface area contributed by atoms with Gasteiger partial charge >= 0.3 is 0 Å². The van der Waals surface area contributed by atoms with E-state index in [1.54, 1.807) is 38.1 Å². The Balaban J connectivity index is 1.84. The van der Waals surface area contributed by atoms with Gasteiger partial charge in [-0.1, -0.05) is 17.7 Å². The minimum absolute atomic E-state index is 0.113. The van der Waals surface area contributed by atoms with Crippen molar-refractivity contribution in [3.8, 4) is 5.75 Å². The number of halogens is 1. The van der Waals surface area contributed by atoms with E-state index in [1.807, 2.05) is 0 Å². The van der Waals surface area contributed by atoms with Gasteiger partial charge in [0.2, 0.25) is 0 Å². The van der Waals surface area contributed by atoms with Crippen LogP contribution in [0.1, 0.15) is 12.5 Å². The van der Waals surface area contributed by atoms with Crippen molar-refractivity contribution in [1.82, 2.24) is 14.9 Å². The SMILES string of the molecule is Cc1cncn(CCNC(=O)C(C)Oc2cccc(Cl)c2)c1=O. The predicted octanol–water partition coefficient (Wildman–Crippen LogP) is 1.79. The molecule has 6 nitrogen and oxygen atoms in total. The van der Waals surface area contributed by atoms with Crippen LogP contribution in [-0.4, -0.2) is 28.1 Å². The number of amides is 1. The predicted molar refractivity (Wildman–Crippen MR) is 87.8 cm³/mol. The molecule has 0 saturated carbocycles. The molecule has 0 bridgehead atoms. The van der Waals surface area contributed by atoms with Crippen LogP contribution in [0.25, 0.3) is 0 Å². The van der Waals surface area contributed by atoms with E-state index in [2.05, 4.69) is 10.3 Å². The van der Waals surface area contributed by atoms with Gasteiger partial charge < -0.3 is 10.1 Å². The maximum absolute atomic E-state index is 12.0. The lowest BCUT2D eigenvalue weighted by Crippen LogP contribution is -2.39. The highest BCUT2D eigenvalue weighted by molar-refractivity contribution is 6.30. The van der Waals surface area contributed by atoms with Gasteiger partial charge in [-0.25, -0.2) is 4.98 Å². The van der Waals surface area contributed by atoms with Crippen molar-refractivity contribution in [3.63, 3.8) is 0 Å². The Bertz CT molecular complexity index is 745. The Morgan fingerprint density at radius 1 is 1.48 bits per heavy atom. The zero-order chi connectivity index (χ0) is 16.8. The van der Waals surface area contributed by atoms with Crippen LogP contribution < -0.4 is 15.6 Å². The van der Waals surface area contributed by atoms with Gasteiger partial charge in [0.15, 0.2) is 6.10 Å². The first-order valence-corrected chi connectivity index (χ1v) is 7.56. The maximum atomic E-state index is 12.0. The standard InChI is InChI=1S/C16H18ClN3O3/c1-11-9-18-10-20(16(11)22)7-6-19-15(21)12(2)23-14-5-3-4-13(17)8-14/h3-5,8-10,12H,6-7H2,1-2H3,(H,19,21). The molecule has 1 aromatic carbocycles. The van der Waals surface area contributed by atoms with E-state index in [4.69, 9.17) is 16.3 Å². The van der Waals surface area contributed by atoms with Crippen molar-refractivity contribution in [2.45, 2.75) is 26.5 Å². The number of aromatic nitrogens is 2. The number of benzene rings is 1. The summed E-state index contributed by atoms with van der Waals surface area (Å²) >= 11 is 5.87. The summed E-state index contributed by atoms with van der Waals surface area (Å²) in [5, 5.41) is 3.27. The van der Waals surface area contributed by atoms with Gasteiger partial charge in [0, 0.05) is 29.9 Å². The summed E-state index contributed by atoms with van der Waals surface area (Å²) in [4.78, 5) is 27.8. The lowest BCUT2D eigenvalue weighted by atomic mass is 10.3. The molecule has 1 atom stereocenters. The average molecular weight is 336 g/mol. The molecule has 0 fully saturated rings. The number of carbonyl (C=O) groups excluding carboxylic acids is 1. The average Bonchev–Trinajstić information content (AvgIpc) is 2.51. The van der Waals surface area contributed by atoms with E-state index in [0.29, 0.717) is 29.4 Å². The van der Waals surface area contributed by atoms with Crippen LogP contribution in [0.5, 0.6) is 5.75 Å². The quantitative estimate of drug-likeness (QED) is 0.873. The van der Waals surface area contributed by atoms with E-state index < -0.39 is 6.10 Å². The van der Waals surface area contributed by atoms with Crippen LogP contribution in [0.2, 0.25) is 5.02 Å². The third-order valence-electron chi connectivity index (χ3n) is 3.20. The van der Waals surface area contributed by atoms with Crippen molar-refractivity contribution in [3.05, 3.63) is 57.7 Å². The van der Waals surface area contributed by atoms with Crippen LogP contribution in [0, 0.1) is 6.92 Å². The Morgan fingerprint density at radius 3 is 3.00 bits per heavy atom. The highest BCUT2D eigenvalue weighted by Crippen LogP contribution is 2.18. The van der Waals surface area contributed by atoms with E-state index in [1.165, 1.54) is 17.1 Å². The van der Waals surface area contributed by atoms with Crippen LogP contribution in [0.4, 0.5) is 0 Å². The van der Waals surface area contributed by atoms with Gasteiger partial charge in [-0.05, 0) is 32.0 Å². The second-order valence-corrected chi connectivity index (χ2v) is 5.52. The smallest absolute Gasteiger partial charge is 0.260 e. The fourth-order valence-electron chi connectivity index (χ4n) is 1.96. The van der Waals surface area contributed by atoms with Gasteiger partial charge in [0.05, 0.1) is 6.33 Å². The van der Waals surface area contributed by atoms with E-state index in [-0.39, 0.29) is 11.5 Å². The zero-order valence-corrected chi connectivity index (χ0v) is 13.7. The second-order valence-electron chi connectivity index (χ2n) is 5.08. The topological polar surface area (TPSA) is 73.2 Å². The molecule has 0 aliphatic heterocycles. The van der Waals surface area contributed by atoms with Crippen LogP contribution >= 0.6 is 11.6 Å². The first kappa shape index (κ1) is 17.0. The molecule has 2 rings (SSSR count). The Hall–Kier alpha value is -2.34. The molecule has 1 aromatic heterocycles. The molecule has 7 heteroatoms. The van der Waals surface area contributed by atoms with Gasteiger partial charge in [-0.15, -0.1) is 0 Å². The summed E-state index contributed by atoms with van der Waals surface area (Å²) in [5.41, 5.74) is 0.453. The number of hydrogen-bond acceptors (Lipinski definition) is 4. The minimum Gasteiger partial charge on any atom is -0.481 e. The van der Waals surface area contributed by atoms with Crippen LogP contribution in [-0.2, 0) is 11.3 Å². The third kappa shape index (κ3) is 4.82. The molecule has 1 unspecified atom stereocenters. The van der Waals surface area contributed by atoms with E-state index in [0.717, 1.165) is 0 Å². The molecule has 0 aliphatic rings. The molecule has 0 radical (unpaired) electrons. The molecule has 122 valence electrons. The van der Waals surface area contributed by atoms with Crippen molar-refractivity contribution < 1.29 is 9.53 Å². The summed E-state index contributed by atoms with van der Waals surface area (Å²) < 4.78 is 6.98. The lowest BCUT2D eigenvalue weighted by Gasteiger charge is -2.15. The molecular formula is C16H18ClN3O3. The second kappa shape index (κ2) is 7.78. The molecule has 2 aromatic rings. The van der Waals surface area contributed by atoms with Crippen molar-refractivity contribution in [1.29, 1.82) is 0 Å². The maximum Gasteiger partial charge on any atom is 0.260 e. The third-order valence-corrected chi connectivity index (χ3v) is 3.44.